The number of likely N-dealkylation sites (N-methyl/N-ethyl adjacent to an activating group) is 1. The maximum absolute atomic E-state index is 12.2. The Kier molecular flexibility index (Phi) is 6.21. The summed E-state index contributed by atoms with van der Waals surface area (Å²) in [6.07, 6.45) is 3.76. The topological polar surface area (TPSA) is 58.4 Å². The number of nitrogens with two attached hydrogens (primary N) is 1. The van der Waals surface area contributed by atoms with Gasteiger partial charge in [0.15, 0.2) is 0 Å². The minimum Gasteiger partial charge on any atom is -0.351 e. The Hall–Kier alpha value is -1.39. The zero-order valence-electron chi connectivity index (χ0n) is 12.9. The van der Waals surface area contributed by atoms with E-state index >= 15 is 0 Å². The van der Waals surface area contributed by atoms with Gasteiger partial charge in [-0.3, -0.25) is 4.79 Å². The average molecular weight is 289 g/mol. The van der Waals surface area contributed by atoms with E-state index in [9.17, 15) is 4.79 Å². The van der Waals surface area contributed by atoms with Gasteiger partial charge in [-0.05, 0) is 44.3 Å². The molecule has 4 nitrogen and oxygen atoms in total. The molecule has 1 amide bonds. The first kappa shape index (κ1) is 16.0. The van der Waals surface area contributed by atoms with Crippen LogP contribution in [0.2, 0.25) is 0 Å². The van der Waals surface area contributed by atoms with Gasteiger partial charge in [-0.1, -0.05) is 37.3 Å². The predicted octanol–water partition coefficient (Wildman–Crippen LogP) is 1.55. The number of hydrogen-bond acceptors (Lipinski definition) is 3. The molecule has 3 N–H and O–H groups in total. The number of hydrogen-bond donors (Lipinski definition) is 2. The summed E-state index contributed by atoms with van der Waals surface area (Å²) in [5.41, 5.74) is 7.26. The summed E-state index contributed by atoms with van der Waals surface area (Å²) in [7, 11) is 0. The van der Waals surface area contributed by atoms with Gasteiger partial charge in [-0.15, -0.1) is 0 Å². The molecule has 2 rings (SSSR count). The third kappa shape index (κ3) is 5.14. The van der Waals surface area contributed by atoms with E-state index in [4.69, 9.17) is 5.73 Å². The molecule has 1 unspecified atom stereocenters. The van der Waals surface area contributed by atoms with Crippen molar-refractivity contribution in [2.45, 2.75) is 44.7 Å². The molecule has 1 aromatic rings. The fourth-order valence-corrected chi connectivity index (χ4v) is 2.87. The number of carbonyl (C=O) groups excluding carboxylic acids is 1. The first-order valence-corrected chi connectivity index (χ1v) is 8.01. The van der Waals surface area contributed by atoms with E-state index < -0.39 is 6.04 Å². The summed E-state index contributed by atoms with van der Waals surface area (Å²) in [5, 5.41) is 3.11. The predicted molar refractivity (Wildman–Crippen MR) is 86.0 cm³/mol. The Morgan fingerprint density at radius 1 is 1.43 bits per heavy atom. The van der Waals surface area contributed by atoms with Crippen LogP contribution in [0.1, 0.15) is 31.7 Å². The summed E-state index contributed by atoms with van der Waals surface area (Å²) in [6, 6.07) is 10.0. The van der Waals surface area contributed by atoms with Crippen LogP contribution in [0.15, 0.2) is 30.3 Å². The number of aryl methyl sites for hydroxylation is 1. The van der Waals surface area contributed by atoms with E-state index in [2.05, 4.69) is 29.3 Å². The van der Waals surface area contributed by atoms with E-state index in [-0.39, 0.29) is 11.9 Å². The van der Waals surface area contributed by atoms with E-state index in [0.717, 1.165) is 38.9 Å². The second kappa shape index (κ2) is 8.15. The van der Waals surface area contributed by atoms with Gasteiger partial charge in [0.2, 0.25) is 5.91 Å². The first-order valence-electron chi connectivity index (χ1n) is 8.01. The Morgan fingerprint density at radius 2 is 2.19 bits per heavy atom. The largest absolute Gasteiger partial charge is 0.351 e. The number of nitrogens with one attached hydrogen (secondary N) is 1. The maximum atomic E-state index is 12.2. The van der Waals surface area contributed by atoms with Crippen LogP contribution in [0.3, 0.4) is 0 Å². The zero-order valence-corrected chi connectivity index (χ0v) is 12.9. The molecule has 0 aliphatic carbocycles. The SMILES string of the molecule is CCN1CCCC(NC(=O)[C@@H](N)CCc2ccccc2)C1. The smallest absolute Gasteiger partial charge is 0.237 e. The van der Waals surface area contributed by atoms with Crippen molar-refractivity contribution in [2.75, 3.05) is 19.6 Å². The van der Waals surface area contributed by atoms with Crippen molar-refractivity contribution in [3.05, 3.63) is 35.9 Å². The second-order valence-electron chi connectivity index (χ2n) is 5.87. The maximum Gasteiger partial charge on any atom is 0.237 e. The standard InChI is InChI=1S/C17H27N3O/c1-2-20-12-6-9-15(13-20)19-17(21)16(18)11-10-14-7-4-3-5-8-14/h3-5,7-8,15-16H,2,6,9-13,18H2,1H3,(H,19,21)/t15?,16-/m0/s1. The third-order valence-electron chi connectivity index (χ3n) is 4.22. The van der Waals surface area contributed by atoms with Gasteiger partial charge in [0, 0.05) is 12.6 Å². The monoisotopic (exact) mass is 289 g/mol. The van der Waals surface area contributed by atoms with Crippen LogP contribution >= 0.6 is 0 Å². The number of piperidine rings is 1. The van der Waals surface area contributed by atoms with Gasteiger partial charge >= 0.3 is 0 Å². The molecule has 1 fully saturated rings. The molecule has 2 atom stereocenters. The average Bonchev–Trinajstić information content (AvgIpc) is 2.53. The van der Waals surface area contributed by atoms with Gasteiger partial charge in [0.05, 0.1) is 6.04 Å². The molecule has 1 saturated heterocycles. The number of nitrogens with zero attached hydrogens (tertiary/aromatic N) is 1. The lowest BCUT2D eigenvalue weighted by molar-refractivity contribution is -0.123. The fraction of sp³-hybridized carbons (Fsp3) is 0.588. The summed E-state index contributed by atoms with van der Waals surface area (Å²) in [5.74, 6) is -0.00566. The molecule has 0 saturated carbocycles. The van der Waals surface area contributed by atoms with E-state index in [1.54, 1.807) is 0 Å². The van der Waals surface area contributed by atoms with Crippen LogP contribution in [0, 0.1) is 0 Å². The fourth-order valence-electron chi connectivity index (χ4n) is 2.87. The minimum atomic E-state index is -0.415. The van der Waals surface area contributed by atoms with Gasteiger partial charge in [0.25, 0.3) is 0 Å². The Bertz CT molecular complexity index is 435. The van der Waals surface area contributed by atoms with Gasteiger partial charge in [-0.25, -0.2) is 0 Å². The number of benzene rings is 1. The molecular weight excluding hydrogens is 262 g/mol. The molecule has 116 valence electrons. The molecule has 1 aromatic carbocycles. The zero-order chi connectivity index (χ0) is 15.1. The van der Waals surface area contributed by atoms with Crippen LogP contribution in [-0.2, 0) is 11.2 Å². The van der Waals surface area contributed by atoms with Crippen LogP contribution in [0.5, 0.6) is 0 Å². The normalized spacial score (nSPS) is 21.0. The van der Waals surface area contributed by atoms with Crippen LogP contribution in [-0.4, -0.2) is 42.5 Å². The minimum absolute atomic E-state index is 0.00566. The molecule has 1 heterocycles. The highest BCUT2D eigenvalue weighted by Gasteiger charge is 2.22. The molecule has 0 spiro atoms. The van der Waals surface area contributed by atoms with Crippen LogP contribution < -0.4 is 11.1 Å². The lowest BCUT2D eigenvalue weighted by atomic mass is 10.0. The lowest BCUT2D eigenvalue weighted by Gasteiger charge is -2.32. The molecule has 21 heavy (non-hydrogen) atoms. The van der Waals surface area contributed by atoms with E-state index in [1.165, 1.54) is 5.56 Å². The molecule has 1 aliphatic rings. The second-order valence-corrected chi connectivity index (χ2v) is 5.87. The van der Waals surface area contributed by atoms with Crippen molar-refractivity contribution in [1.29, 1.82) is 0 Å². The van der Waals surface area contributed by atoms with Crippen molar-refractivity contribution in [3.8, 4) is 0 Å². The number of likely N-dealkylation sites (tertiary alicyclic amines) is 1. The van der Waals surface area contributed by atoms with Crippen LogP contribution in [0.25, 0.3) is 0 Å². The summed E-state index contributed by atoms with van der Waals surface area (Å²) < 4.78 is 0. The Morgan fingerprint density at radius 3 is 2.90 bits per heavy atom. The number of amides is 1. The molecule has 0 bridgehead atoms. The first-order chi connectivity index (χ1) is 10.2. The molecular formula is C17H27N3O. The molecule has 0 radical (unpaired) electrons. The van der Waals surface area contributed by atoms with E-state index in [1.807, 2.05) is 18.2 Å². The van der Waals surface area contributed by atoms with Crippen LogP contribution in [0.4, 0.5) is 0 Å². The number of rotatable bonds is 6. The quantitative estimate of drug-likeness (QED) is 0.835. The van der Waals surface area contributed by atoms with Crippen molar-refractivity contribution in [3.63, 3.8) is 0 Å². The summed E-state index contributed by atoms with van der Waals surface area (Å²) in [4.78, 5) is 14.6. The summed E-state index contributed by atoms with van der Waals surface area (Å²) in [6.45, 7) is 5.30. The highest BCUT2D eigenvalue weighted by molar-refractivity contribution is 5.81. The van der Waals surface area contributed by atoms with Gasteiger partial charge in [0.1, 0.15) is 0 Å². The highest BCUT2D eigenvalue weighted by Crippen LogP contribution is 2.10. The van der Waals surface area contributed by atoms with Gasteiger partial charge < -0.3 is 16.0 Å². The molecule has 4 heteroatoms. The summed E-state index contributed by atoms with van der Waals surface area (Å²) >= 11 is 0. The van der Waals surface area contributed by atoms with Crippen molar-refractivity contribution in [1.82, 2.24) is 10.2 Å². The van der Waals surface area contributed by atoms with E-state index in [0.29, 0.717) is 6.42 Å². The Balaban J connectivity index is 1.74. The van der Waals surface area contributed by atoms with Crippen molar-refractivity contribution < 1.29 is 4.79 Å². The Labute approximate surface area is 127 Å². The number of carbonyl (C=O) groups is 1. The van der Waals surface area contributed by atoms with Crippen molar-refractivity contribution >= 4 is 5.91 Å². The van der Waals surface area contributed by atoms with Crippen molar-refractivity contribution in [2.24, 2.45) is 5.73 Å². The molecule has 1 aliphatic heterocycles. The third-order valence-corrected chi connectivity index (χ3v) is 4.22. The van der Waals surface area contributed by atoms with Gasteiger partial charge in [-0.2, -0.15) is 0 Å². The molecule has 0 aromatic heterocycles. The lowest BCUT2D eigenvalue weighted by Crippen LogP contribution is -2.51. The highest BCUT2D eigenvalue weighted by atomic mass is 16.2.